The van der Waals surface area contributed by atoms with Gasteiger partial charge in [0.05, 0.1) is 5.69 Å². The Hall–Kier alpha value is -1.21. The van der Waals surface area contributed by atoms with Crippen LogP contribution in [-0.4, -0.2) is 14.2 Å². The lowest BCUT2D eigenvalue weighted by Gasteiger charge is -2.10. The smallest absolute Gasteiger partial charge is 0.278 e. The lowest BCUT2D eigenvalue weighted by atomic mass is 10.1. The van der Waals surface area contributed by atoms with Gasteiger partial charge in [0.15, 0.2) is 0 Å². The van der Waals surface area contributed by atoms with Crippen LogP contribution in [0.25, 0.3) is 10.8 Å². The minimum Gasteiger partial charge on any atom is -0.278 e. The average Bonchev–Trinajstić information content (AvgIpc) is 2.33. The predicted molar refractivity (Wildman–Crippen MR) is 70.2 cm³/mol. The van der Waals surface area contributed by atoms with E-state index in [-0.39, 0.29) is 5.69 Å². The van der Waals surface area contributed by atoms with Gasteiger partial charge < -0.3 is 0 Å². The first kappa shape index (κ1) is 13.2. The first-order chi connectivity index (χ1) is 8.42. The normalized spacial score (nSPS) is 12.0. The molecule has 0 aliphatic rings. The van der Waals surface area contributed by atoms with Crippen LogP contribution in [0, 0.1) is 0 Å². The summed E-state index contributed by atoms with van der Waals surface area (Å²) in [5, 5.41) is 1.29. The van der Waals surface area contributed by atoms with E-state index in [2.05, 4.69) is 15.9 Å². The molecule has 0 spiro atoms. The van der Waals surface area contributed by atoms with E-state index in [0.717, 1.165) is 9.86 Å². The minimum absolute atomic E-state index is 0.133. The van der Waals surface area contributed by atoms with Gasteiger partial charge in [0.1, 0.15) is 0 Å². The summed E-state index contributed by atoms with van der Waals surface area (Å²) in [6, 6.07) is 9.94. The highest BCUT2D eigenvalue weighted by Crippen LogP contribution is 2.30. The van der Waals surface area contributed by atoms with Crippen molar-refractivity contribution >= 4 is 42.4 Å². The number of benzene rings is 2. The van der Waals surface area contributed by atoms with Crippen LogP contribution >= 0.6 is 15.9 Å². The number of rotatable bonds is 3. The summed E-state index contributed by atoms with van der Waals surface area (Å²) in [5.74, 6) is -3.46. The average molecular weight is 336 g/mol. The van der Waals surface area contributed by atoms with Gasteiger partial charge in [0.25, 0.3) is 10.0 Å². The molecule has 18 heavy (non-hydrogen) atoms. The second kappa shape index (κ2) is 4.81. The Labute approximate surface area is 111 Å². The van der Waals surface area contributed by atoms with E-state index < -0.39 is 15.8 Å². The Bertz CT molecular complexity index is 689. The number of hydrogen-bond acceptors (Lipinski definition) is 2. The number of alkyl halides is 2. The van der Waals surface area contributed by atoms with Gasteiger partial charge in [0.2, 0.25) is 0 Å². The van der Waals surface area contributed by atoms with Crippen molar-refractivity contribution in [2.75, 3.05) is 4.72 Å². The van der Waals surface area contributed by atoms with E-state index in [1.165, 1.54) is 6.07 Å². The summed E-state index contributed by atoms with van der Waals surface area (Å²) in [7, 11) is -4.65. The summed E-state index contributed by atoms with van der Waals surface area (Å²) in [4.78, 5) is 0. The van der Waals surface area contributed by atoms with Crippen LogP contribution in [0.15, 0.2) is 40.9 Å². The second-order valence-electron chi connectivity index (χ2n) is 3.55. The zero-order chi connectivity index (χ0) is 13.3. The molecule has 1 N–H and O–H groups in total. The molecule has 0 atom stereocenters. The van der Waals surface area contributed by atoms with E-state index in [1.807, 2.05) is 4.72 Å². The molecule has 0 aromatic heterocycles. The summed E-state index contributed by atoms with van der Waals surface area (Å²) >= 11 is 3.31. The summed E-state index contributed by atoms with van der Waals surface area (Å²) in [6.07, 6.45) is 0. The number of sulfonamides is 1. The third-order valence-corrected chi connectivity index (χ3v) is 4.02. The lowest BCUT2D eigenvalue weighted by molar-refractivity contribution is 0.236. The van der Waals surface area contributed by atoms with Crippen LogP contribution in [0.3, 0.4) is 0 Å². The Balaban J connectivity index is 2.57. The van der Waals surface area contributed by atoms with Crippen LogP contribution in [-0.2, 0) is 10.0 Å². The fourth-order valence-electron chi connectivity index (χ4n) is 1.55. The molecule has 0 amide bonds. The lowest BCUT2D eigenvalue weighted by Crippen LogP contribution is -2.20. The Morgan fingerprint density at radius 3 is 2.28 bits per heavy atom. The first-order valence-corrected chi connectivity index (χ1v) is 7.23. The number of nitrogens with one attached hydrogen (secondary N) is 1. The maximum atomic E-state index is 12.3. The van der Waals surface area contributed by atoms with Crippen LogP contribution in [0.1, 0.15) is 0 Å². The summed E-state index contributed by atoms with van der Waals surface area (Å²) in [6.45, 7) is 0. The molecule has 0 aliphatic heterocycles. The summed E-state index contributed by atoms with van der Waals surface area (Å²) in [5.41, 5.74) is 0.133. The topological polar surface area (TPSA) is 46.2 Å². The Morgan fingerprint density at radius 1 is 1.06 bits per heavy atom. The van der Waals surface area contributed by atoms with E-state index in [1.54, 1.807) is 30.3 Å². The number of halogens is 3. The number of hydrogen-bond donors (Lipinski definition) is 1. The summed E-state index contributed by atoms with van der Waals surface area (Å²) < 4.78 is 49.6. The molecule has 7 heteroatoms. The van der Waals surface area contributed by atoms with Crippen LogP contribution in [0.2, 0.25) is 0 Å². The van der Waals surface area contributed by atoms with Gasteiger partial charge >= 0.3 is 5.76 Å². The highest BCUT2D eigenvalue weighted by molar-refractivity contribution is 9.10. The third-order valence-electron chi connectivity index (χ3n) is 2.36. The van der Waals surface area contributed by atoms with Crippen molar-refractivity contribution in [2.24, 2.45) is 0 Å². The van der Waals surface area contributed by atoms with Gasteiger partial charge in [-0.3, -0.25) is 4.72 Å². The molecule has 0 unspecified atom stereocenters. The maximum absolute atomic E-state index is 12.3. The molecular weight excluding hydrogens is 328 g/mol. The zero-order valence-electron chi connectivity index (χ0n) is 8.90. The molecule has 2 rings (SSSR count). The maximum Gasteiger partial charge on any atom is 0.355 e. The number of anilines is 1. The van der Waals surface area contributed by atoms with E-state index in [0.29, 0.717) is 5.39 Å². The standard InChI is InChI=1S/C11H8BrF2NO2S/c12-9-5-6-10(15-18(16,17)11(13)14)8-4-2-1-3-7(8)9/h1-6,11,15H. The molecule has 2 aromatic carbocycles. The van der Waals surface area contributed by atoms with Gasteiger partial charge in [-0.25, -0.2) is 8.42 Å². The van der Waals surface area contributed by atoms with Gasteiger partial charge in [-0.05, 0) is 17.5 Å². The molecule has 0 bridgehead atoms. The SMILES string of the molecule is O=S(=O)(Nc1ccc(Br)c2ccccc12)C(F)F. The van der Waals surface area contributed by atoms with E-state index in [4.69, 9.17) is 0 Å². The molecule has 0 fully saturated rings. The fraction of sp³-hybridized carbons (Fsp3) is 0.0909. The van der Waals surface area contributed by atoms with E-state index >= 15 is 0 Å². The van der Waals surface area contributed by atoms with Crippen molar-refractivity contribution in [1.29, 1.82) is 0 Å². The van der Waals surface area contributed by atoms with E-state index in [9.17, 15) is 17.2 Å². The molecule has 96 valence electrons. The van der Waals surface area contributed by atoms with Crippen molar-refractivity contribution in [3.05, 3.63) is 40.9 Å². The fourth-order valence-corrected chi connectivity index (χ4v) is 2.60. The molecule has 0 radical (unpaired) electrons. The quantitative estimate of drug-likeness (QED) is 0.931. The Kier molecular flexibility index (Phi) is 3.54. The van der Waals surface area contributed by atoms with Crippen molar-refractivity contribution in [3.8, 4) is 0 Å². The largest absolute Gasteiger partial charge is 0.355 e. The second-order valence-corrected chi connectivity index (χ2v) is 6.05. The predicted octanol–water partition coefficient (Wildman–Crippen LogP) is 3.57. The first-order valence-electron chi connectivity index (χ1n) is 4.89. The van der Waals surface area contributed by atoms with Gasteiger partial charge in [-0.2, -0.15) is 8.78 Å². The Morgan fingerprint density at radius 2 is 1.67 bits per heavy atom. The van der Waals surface area contributed by atoms with Crippen LogP contribution in [0.4, 0.5) is 14.5 Å². The van der Waals surface area contributed by atoms with Crippen molar-refractivity contribution in [1.82, 2.24) is 0 Å². The van der Waals surface area contributed by atoms with Crippen molar-refractivity contribution in [2.45, 2.75) is 5.76 Å². The number of fused-ring (bicyclic) bond motifs is 1. The minimum atomic E-state index is -4.65. The third kappa shape index (κ3) is 2.46. The van der Waals surface area contributed by atoms with Gasteiger partial charge in [-0.15, -0.1) is 0 Å². The van der Waals surface area contributed by atoms with Crippen molar-refractivity contribution in [3.63, 3.8) is 0 Å². The zero-order valence-corrected chi connectivity index (χ0v) is 11.3. The molecule has 2 aromatic rings. The molecule has 3 nitrogen and oxygen atoms in total. The highest BCUT2D eigenvalue weighted by Gasteiger charge is 2.24. The van der Waals surface area contributed by atoms with Crippen molar-refractivity contribution < 1.29 is 17.2 Å². The highest BCUT2D eigenvalue weighted by atomic mass is 79.9. The molecule has 0 aliphatic carbocycles. The molecule has 0 saturated carbocycles. The van der Waals surface area contributed by atoms with Gasteiger partial charge in [-0.1, -0.05) is 40.2 Å². The molecular formula is C11H8BrF2NO2S. The van der Waals surface area contributed by atoms with Crippen LogP contribution in [0.5, 0.6) is 0 Å². The van der Waals surface area contributed by atoms with Crippen LogP contribution < -0.4 is 4.72 Å². The molecule has 0 saturated heterocycles. The molecule has 0 heterocycles. The monoisotopic (exact) mass is 335 g/mol. The van der Waals surface area contributed by atoms with Gasteiger partial charge in [0, 0.05) is 9.86 Å².